The fraction of sp³-hybridized carbons (Fsp3) is 0.0714. The van der Waals surface area contributed by atoms with E-state index in [1.54, 1.807) is 48.5 Å². The molecule has 0 saturated heterocycles. The molecule has 104 valence electrons. The molecule has 2 rings (SSSR count). The average molecular weight is 309 g/mol. The summed E-state index contributed by atoms with van der Waals surface area (Å²) in [4.78, 5) is 12.3. The Hall–Kier alpha value is -1.85. The smallest absolute Gasteiger partial charge is 0.237 e. The van der Waals surface area contributed by atoms with Crippen LogP contribution >= 0.6 is 11.6 Å². The van der Waals surface area contributed by atoms with Crippen LogP contribution in [-0.2, 0) is 15.6 Å². The van der Waals surface area contributed by atoms with E-state index in [1.165, 1.54) is 0 Å². The molecule has 1 amide bonds. The quantitative estimate of drug-likeness (QED) is 0.853. The van der Waals surface area contributed by atoms with Crippen LogP contribution in [0.25, 0.3) is 0 Å². The third kappa shape index (κ3) is 3.59. The van der Waals surface area contributed by atoms with Gasteiger partial charge >= 0.3 is 0 Å². The number of para-hydroxylation sites is 2. The number of carbonyl (C=O) groups excluding carboxylic acids is 1. The largest absolute Gasteiger partial charge is 0.398 e. The molecule has 0 aromatic heterocycles. The Morgan fingerprint density at radius 1 is 1.15 bits per heavy atom. The van der Waals surface area contributed by atoms with Crippen molar-refractivity contribution in [3.05, 3.63) is 53.6 Å². The number of hydrogen-bond acceptors (Lipinski definition) is 3. The molecule has 20 heavy (non-hydrogen) atoms. The summed E-state index contributed by atoms with van der Waals surface area (Å²) in [6.45, 7) is 0. The zero-order valence-corrected chi connectivity index (χ0v) is 12.1. The fourth-order valence-electron chi connectivity index (χ4n) is 1.63. The first kappa shape index (κ1) is 14.6. The Bertz CT molecular complexity index is 661. The molecule has 4 nitrogen and oxygen atoms in total. The van der Waals surface area contributed by atoms with Crippen molar-refractivity contribution < 1.29 is 9.00 Å². The van der Waals surface area contributed by atoms with Crippen molar-refractivity contribution in [2.45, 2.75) is 4.90 Å². The average Bonchev–Trinajstić information content (AvgIpc) is 2.41. The van der Waals surface area contributed by atoms with E-state index >= 15 is 0 Å². The molecule has 6 heteroatoms. The lowest BCUT2D eigenvalue weighted by molar-refractivity contribution is -0.113. The zero-order chi connectivity index (χ0) is 14.5. The number of nitrogens with two attached hydrogens (primary N) is 1. The van der Waals surface area contributed by atoms with E-state index in [4.69, 9.17) is 17.3 Å². The standard InChI is InChI=1S/C14H13ClN2O2S/c15-10-5-1-3-7-12(10)17-14(18)9-20(19)13-8-4-2-6-11(13)16/h1-8H,9,16H2,(H,17,18). The van der Waals surface area contributed by atoms with Gasteiger partial charge in [-0.1, -0.05) is 35.9 Å². The van der Waals surface area contributed by atoms with Gasteiger partial charge in [-0.15, -0.1) is 0 Å². The Balaban J connectivity index is 2.04. The number of rotatable bonds is 4. The first-order valence-corrected chi connectivity index (χ1v) is 7.55. The molecular formula is C14H13ClN2O2S. The molecule has 2 aromatic rings. The van der Waals surface area contributed by atoms with Crippen LogP contribution in [0.1, 0.15) is 0 Å². The van der Waals surface area contributed by atoms with Gasteiger partial charge in [0, 0.05) is 5.69 Å². The third-order valence-electron chi connectivity index (χ3n) is 2.57. The van der Waals surface area contributed by atoms with E-state index in [1.807, 2.05) is 0 Å². The minimum atomic E-state index is -1.49. The monoisotopic (exact) mass is 308 g/mol. The highest BCUT2D eigenvalue weighted by Crippen LogP contribution is 2.21. The van der Waals surface area contributed by atoms with Crippen LogP contribution in [0.5, 0.6) is 0 Å². The van der Waals surface area contributed by atoms with Gasteiger partial charge < -0.3 is 11.1 Å². The van der Waals surface area contributed by atoms with Gasteiger partial charge in [0.05, 0.1) is 26.4 Å². The Labute approximate surface area is 124 Å². The lowest BCUT2D eigenvalue weighted by atomic mass is 10.3. The number of nitrogens with one attached hydrogen (secondary N) is 1. The first-order chi connectivity index (χ1) is 9.58. The van der Waals surface area contributed by atoms with Crippen LogP contribution in [-0.4, -0.2) is 15.9 Å². The normalized spacial score (nSPS) is 11.8. The fourth-order valence-corrected chi connectivity index (χ4v) is 2.84. The van der Waals surface area contributed by atoms with E-state index < -0.39 is 10.8 Å². The molecule has 0 saturated carbocycles. The van der Waals surface area contributed by atoms with Crippen LogP contribution in [0.15, 0.2) is 53.4 Å². The molecule has 0 bridgehead atoms. The van der Waals surface area contributed by atoms with Gasteiger partial charge in [-0.2, -0.15) is 0 Å². The second kappa shape index (κ2) is 6.54. The summed E-state index contributed by atoms with van der Waals surface area (Å²) in [5, 5.41) is 3.06. The van der Waals surface area contributed by atoms with Crippen molar-refractivity contribution in [2.24, 2.45) is 0 Å². The lowest BCUT2D eigenvalue weighted by Crippen LogP contribution is -2.20. The Morgan fingerprint density at radius 2 is 1.80 bits per heavy atom. The van der Waals surface area contributed by atoms with Crippen molar-refractivity contribution in [3.8, 4) is 0 Å². The second-order valence-electron chi connectivity index (χ2n) is 4.06. The van der Waals surface area contributed by atoms with Gasteiger partial charge in [0.1, 0.15) is 5.75 Å². The molecule has 0 heterocycles. The van der Waals surface area contributed by atoms with Crippen molar-refractivity contribution in [3.63, 3.8) is 0 Å². The van der Waals surface area contributed by atoms with E-state index in [2.05, 4.69) is 5.32 Å². The van der Waals surface area contributed by atoms with Crippen LogP contribution < -0.4 is 11.1 Å². The maximum atomic E-state index is 12.1. The van der Waals surface area contributed by atoms with Gasteiger partial charge in [-0.05, 0) is 24.3 Å². The predicted octanol–water partition coefficient (Wildman–Crippen LogP) is 2.67. The topological polar surface area (TPSA) is 72.2 Å². The summed E-state index contributed by atoms with van der Waals surface area (Å²) in [5.74, 6) is -0.543. The molecular weight excluding hydrogens is 296 g/mol. The minimum Gasteiger partial charge on any atom is -0.398 e. The molecule has 0 spiro atoms. The Morgan fingerprint density at radius 3 is 2.50 bits per heavy atom. The summed E-state index contributed by atoms with van der Waals surface area (Å²) in [6.07, 6.45) is 0. The van der Waals surface area contributed by atoms with E-state index in [0.29, 0.717) is 21.3 Å². The lowest BCUT2D eigenvalue weighted by Gasteiger charge is -2.08. The van der Waals surface area contributed by atoms with Crippen LogP contribution in [0.3, 0.4) is 0 Å². The van der Waals surface area contributed by atoms with Gasteiger partial charge in [-0.25, -0.2) is 0 Å². The summed E-state index contributed by atoms with van der Waals surface area (Å²) in [6, 6.07) is 13.7. The molecule has 0 fully saturated rings. The first-order valence-electron chi connectivity index (χ1n) is 5.85. The Kier molecular flexibility index (Phi) is 4.76. The van der Waals surface area contributed by atoms with Crippen LogP contribution in [0.2, 0.25) is 5.02 Å². The highest BCUT2D eigenvalue weighted by molar-refractivity contribution is 7.86. The molecule has 0 aliphatic carbocycles. The summed E-state index contributed by atoms with van der Waals surface area (Å²) in [7, 11) is -1.49. The highest BCUT2D eigenvalue weighted by atomic mass is 35.5. The number of amides is 1. The molecule has 0 radical (unpaired) electrons. The summed E-state index contributed by atoms with van der Waals surface area (Å²) in [5.41, 5.74) is 6.64. The number of anilines is 2. The van der Waals surface area contributed by atoms with Gasteiger partial charge in [0.2, 0.25) is 5.91 Å². The molecule has 0 aliphatic rings. The summed E-state index contributed by atoms with van der Waals surface area (Å²) >= 11 is 5.94. The molecule has 1 unspecified atom stereocenters. The minimum absolute atomic E-state index is 0.167. The van der Waals surface area contributed by atoms with Crippen molar-refractivity contribution >= 4 is 39.7 Å². The second-order valence-corrected chi connectivity index (χ2v) is 5.88. The van der Waals surface area contributed by atoms with E-state index in [0.717, 1.165) is 0 Å². The van der Waals surface area contributed by atoms with E-state index in [9.17, 15) is 9.00 Å². The number of nitrogen functional groups attached to an aromatic ring is 1. The van der Waals surface area contributed by atoms with Gasteiger partial charge in [0.25, 0.3) is 0 Å². The summed E-state index contributed by atoms with van der Waals surface area (Å²) < 4.78 is 12.1. The maximum Gasteiger partial charge on any atom is 0.237 e. The predicted molar refractivity (Wildman–Crippen MR) is 82.2 cm³/mol. The maximum absolute atomic E-state index is 12.1. The van der Waals surface area contributed by atoms with Crippen molar-refractivity contribution in [2.75, 3.05) is 16.8 Å². The molecule has 1 atom stereocenters. The zero-order valence-electron chi connectivity index (χ0n) is 10.5. The number of carbonyl (C=O) groups is 1. The van der Waals surface area contributed by atoms with Crippen molar-refractivity contribution in [1.82, 2.24) is 0 Å². The highest BCUT2D eigenvalue weighted by Gasteiger charge is 2.13. The molecule has 2 aromatic carbocycles. The van der Waals surface area contributed by atoms with Crippen LogP contribution in [0, 0.1) is 0 Å². The molecule has 0 aliphatic heterocycles. The SMILES string of the molecule is Nc1ccccc1S(=O)CC(=O)Nc1ccccc1Cl. The third-order valence-corrected chi connectivity index (χ3v) is 4.29. The number of halogens is 1. The van der Waals surface area contributed by atoms with Crippen LogP contribution in [0.4, 0.5) is 11.4 Å². The van der Waals surface area contributed by atoms with Crippen molar-refractivity contribution in [1.29, 1.82) is 0 Å². The number of benzene rings is 2. The number of hydrogen-bond donors (Lipinski definition) is 2. The van der Waals surface area contributed by atoms with Gasteiger partial charge in [0.15, 0.2) is 0 Å². The van der Waals surface area contributed by atoms with Gasteiger partial charge in [-0.3, -0.25) is 9.00 Å². The van der Waals surface area contributed by atoms with E-state index in [-0.39, 0.29) is 11.7 Å². The molecule has 3 N–H and O–H groups in total.